The molecule has 1 aliphatic rings. The lowest BCUT2D eigenvalue weighted by Crippen LogP contribution is -2.19. The minimum atomic E-state index is 0.330. The highest BCUT2D eigenvalue weighted by atomic mass is 32.1. The van der Waals surface area contributed by atoms with Crippen LogP contribution in [0.3, 0.4) is 0 Å². The predicted molar refractivity (Wildman–Crippen MR) is 100 cm³/mol. The summed E-state index contributed by atoms with van der Waals surface area (Å²) in [5.41, 5.74) is 7.96. The lowest BCUT2D eigenvalue weighted by molar-refractivity contribution is 0.302. The van der Waals surface area contributed by atoms with Crippen LogP contribution in [0.5, 0.6) is 0 Å². The fourth-order valence-electron chi connectivity index (χ4n) is 3.63. The van der Waals surface area contributed by atoms with Crippen molar-refractivity contribution >= 4 is 23.0 Å². The summed E-state index contributed by atoms with van der Waals surface area (Å²) in [5, 5.41) is 3.31. The van der Waals surface area contributed by atoms with E-state index in [4.69, 9.17) is 18.0 Å². The van der Waals surface area contributed by atoms with Gasteiger partial charge < -0.3 is 11.1 Å². The Labute approximate surface area is 140 Å². The monoisotopic (exact) mass is 318 g/mol. The molecular weight excluding hydrogens is 288 g/mol. The first-order valence-corrected chi connectivity index (χ1v) is 9.26. The van der Waals surface area contributed by atoms with Crippen molar-refractivity contribution in [2.24, 2.45) is 11.7 Å². The Balaban J connectivity index is 1.75. The number of benzene rings is 1. The van der Waals surface area contributed by atoms with E-state index in [0.29, 0.717) is 5.11 Å². The Kier molecular flexibility index (Phi) is 7.17. The second kappa shape index (κ2) is 9.14. The molecule has 3 N–H and O–H groups in total. The van der Waals surface area contributed by atoms with Crippen LogP contribution in [0.2, 0.25) is 0 Å². The van der Waals surface area contributed by atoms with Gasteiger partial charge in [-0.1, -0.05) is 51.2 Å². The van der Waals surface area contributed by atoms with Crippen molar-refractivity contribution in [1.29, 1.82) is 0 Å². The average molecular weight is 319 g/mol. The van der Waals surface area contributed by atoms with Crippen LogP contribution in [0.4, 0.5) is 5.69 Å². The number of hydrogen-bond donors (Lipinski definition) is 2. The van der Waals surface area contributed by atoms with Crippen molar-refractivity contribution in [2.45, 2.75) is 70.6 Å². The van der Waals surface area contributed by atoms with Crippen LogP contribution >= 0.6 is 12.2 Å². The van der Waals surface area contributed by atoms with E-state index in [1.54, 1.807) is 0 Å². The lowest BCUT2D eigenvalue weighted by Gasteiger charge is -2.29. The van der Waals surface area contributed by atoms with Gasteiger partial charge in [0.25, 0.3) is 0 Å². The van der Waals surface area contributed by atoms with E-state index in [1.807, 2.05) is 0 Å². The summed E-state index contributed by atoms with van der Waals surface area (Å²) < 4.78 is 0. The summed E-state index contributed by atoms with van der Waals surface area (Å²) in [6, 6.07) is 8.64. The van der Waals surface area contributed by atoms with Gasteiger partial charge in [0.05, 0.1) is 0 Å². The van der Waals surface area contributed by atoms with Crippen LogP contribution in [0, 0.1) is 5.92 Å². The smallest absolute Gasteiger partial charge is 0.168 e. The van der Waals surface area contributed by atoms with E-state index in [2.05, 4.69) is 36.5 Å². The fraction of sp³-hybridized carbons (Fsp3) is 0.632. The van der Waals surface area contributed by atoms with E-state index in [0.717, 1.165) is 17.5 Å². The van der Waals surface area contributed by atoms with Gasteiger partial charge in [0.2, 0.25) is 0 Å². The Morgan fingerprint density at radius 1 is 1.09 bits per heavy atom. The molecule has 22 heavy (non-hydrogen) atoms. The average Bonchev–Trinajstić information content (AvgIpc) is 2.52. The third-order valence-corrected chi connectivity index (χ3v) is 5.06. The van der Waals surface area contributed by atoms with Crippen molar-refractivity contribution in [2.75, 3.05) is 5.32 Å². The summed E-state index contributed by atoms with van der Waals surface area (Å²) in [6.45, 7) is 2.28. The highest BCUT2D eigenvalue weighted by Crippen LogP contribution is 2.38. The van der Waals surface area contributed by atoms with E-state index < -0.39 is 0 Å². The Bertz CT molecular complexity index is 447. The predicted octanol–water partition coefficient (Wildman–Crippen LogP) is 5.59. The molecule has 122 valence electrons. The van der Waals surface area contributed by atoms with Gasteiger partial charge in [-0.15, -0.1) is 0 Å². The minimum Gasteiger partial charge on any atom is -0.376 e. The molecule has 1 aliphatic carbocycles. The third kappa shape index (κ3) is 5.60. The lowest BCUT2D eigenvalue weighted by atomic mass is 9.77. The Hall–Kier alpha value is -1.09. The summed E-state index contributed by atoms with van der Waals surface area (Å²) in [6.07, 6.45) is 12.6. The van der Waals surface area contributed by atoms with Gasteiger partial charge in [0.1, 0.15) is 0 Å². The first-order valence-electron chi connectivity index (χ1n) is 8.85. The summed E-state index contributed by atoms with van der Waals surface area (Å²) >= 11 is 4.87. The molecule has 1 aromatic carbocycles. The van der Waals surface area contributed by atoms with E-state index in [1.165, 1.54) is 63.4 Å². The highest BCUT2D eigenvalue weighted by Gasteiger charge is 2.21. The number of hydrogen-bond acceptors (Lipinski definition) is 1. The minimum absolute atomic E-state index is 0.330. The molecule has 0 radical (unpaired) electrons. The number of nitrogens with one attached hydrogen (secondary N) is 1. The van der Waals surface area contributed by atoms with Crippen molar-refractivity contribution in [3.8, 4) is 0 Å². The molecule has 1 fully saturated rings. The molecule has 0 saturated heterocycles. The second-order valence-electron chi connectivity index (χ2n) is 6.68. The molecule has 0 bridgehead atoms. The van der Waals surface area contributed by atoms with Gasteiger partial charge in [0, 0.05) is 5.69 Å². The summed E-state index contributed by atoms with van der Waals surface area (Å²) in [7, 11) is 0. The summed E-state index contributed by atoms with van der Waals surface area (Å²) in [5.74, 6) is 1.72. The van der Waals surface area contributed by atoms with Crippen LogP contribution in [0.1, 0.15) is 76.2 Å². The van der Waals surface area contributed by atoms with Crippen LogP contribution in [0.15, 0.2) is 24.3 Å². The van der Waals surface area contributed by atoms with Gasteiger partial charge in [0.15, 0.2) is 5.11 Å². The molecule has 0 amide bonds. The van der Waals surface area contributed by atoms with Gasteiger partial charge in [-0.2, -0.15) is 0 Å². The van der Waals surface area contributed by atoms with Gasteiger partial charge >= 0.3 is 0 Å². The maximum atomic E-state index is 5.50. The van der Waals surface area contributed by atoms with Crippen LogP contribution in [0.25, 0.3) is 0 Å². The van der Waals surface area contributed by atoms with Crippen LogP contribution < -0.4 is 11.1 Å². The number of nitrogens with two attached hydrogens (primary N) is 1. The summed E-state index contributed by atoms with van der Waals surface area (Å²) in [4.78, 5) is 0. The van der Waals surface area contributed by atoms with Crippen molar-refractivity contribution in [1.82, 2.24) is 0 Å². The molecule has 0 spiro atoms. The quantitative estimate of drug-likeness (QED) is 0.508. The zero-order chi connectivity index (χ0) is 15.8. The number of rotatable bonds is 7. The first kappa shape index (κ1) is 17.3. The Morgan fingerprint density at radius 3 is 2.36 bits per heavy atom. The highest BCUT2D eigenvalue weighted by molar-refractivity contribution is 7.80. The molecule has 0 atom stereocenters. The molecule has 3 heteroatoms. The van der Waals surface area contributed by atoms with Gasteiger partial charge in [-0.05, 0) is 67.4 Å². The van der Waals surface area contributed by atoms with E-state index >= 15 is 0 Å². The molecule has 1 saturated carbocycles. The van der Waals surface area contributed by atoms with Crippen molar-refractivity contribution in [3.05, 3.63) is 29.8 Å². The maximum Gasteiger partial charge on any atom is 0.168 e. The van der Waals surface area contributed by atoms with Crippen molar-refractivity contribution in [3.63, 3.8) is 0 Å². The molecule has 0 unspecified atom stereocenters. The topological polar surface area (TPSA) is 38.0 Å². The first-order chi connectivity index (χ1) is 10.7. The number of thiocarbonyl (C=S) groups is 1. The third-order valence-electron chi connectivity index (χ3n) is 4.96. The normalized spacial score (nSPS) is 21.5. The standard InChI is InChI=1S/C19H30N2S/c1-2-3-4-5-6-15-7-9-16(10-8-15)17-11-13-18(14-12-17)21-19(20)22/h11-16H,2-10H2,1H3,(H3,20,21,22). The van der Waals surface area contributed by atoms with E-state index in [9.17, 15) is 0 Å². The molecule has 1 aromatic rings. The zero-order valence-corrected chi connectivity index (χ0v) is 14.6. The zero-order valence-electron chi connectivity index (χ0n) is 13.8. The number of unbranched alkanes of at least 4 members (excludes halogenated alkanes) is 3. The molecule has 0 aliphatic heterocycles. The van der Waals surface area contributed by atoms with Gasteiger partial charge in [-0.3, -0.25) is 0 Å². The van der Waals surface area contributed by atoms with E-state index in [-0.39, 0.29) is 0 Å². The largest absolute Gasteiger partial charge is 0.376 e. The number of anilines is 1. The van der Waals surface area contributed by atoms with Crippen LogP contribution in [-0.2, 0) is 0 Å². The Morgan fingerprint density at radius 2 is 1.77 bits per heavy atom. The molecule has 0 aromatic heterocycles. The molecule has 2 nitrogen and oxygen atoms in total. The van der Waals surface area contributed by atoms with Crippen molar-refractivity contribution < 1.29 is 0 Å². The SMILES string of the molecule is CCCCCCC1CCC(c2ccc(NC(N)=S)cc2)CC1. The van der Waals surface area contributed by atoms with Crippen LogP contribution in [-0.4, -0.2) is 5.11 Å². The van der Waals surface area contributed by atoms with Gasteiger partial charge in [-0.25, -0.2) is 0 Å². The second-order valence-corrected chi connectivity index (χ2v) is 7.12. The fourth-order valence-corrected chi connectivity index (χ4v) is 3.74. The molecular formula is C19H30N2S. The molecule has 2 rings (SSSR count). The molecule has 0 heterocycles. The maximum absolute atomic E-state index is 5.50.